The molecule has 1 aromatic rings. The summed E-state index contributed by atoms with van der Waals surface area (Å²) in [7, 11) is 0. The molecule has 2 rings (SSSR count). The molecule has 1 heterocycles. The van der Waals surface area contributed by atoms with Crippen molar-refractivity contribution < 1.29 is 14.7 Å². The molecular weight excluding hydrogens is 262 g/mol. The average molecular weight is 281 g/mol. The maximum Gasteiger partial charge on any atom is 0.326 e. The van der Waals surface area contributed by atoms with Crippen LogP contribution in [-0.2, 0) is 17.6 Å². The van der Waals surface area contributed by atoms with Gasteiger partial charge in [0.15, 0.2) is 0 Å². The number of carboxylic acid groups (broad SMARTS) is 1. The average Bonchev–Trinajstić information content (AvgIpc) is 2.67. The van der Waals surface area contributed by atoms with Crippen LogP contribution in [0.25, 0.3) is 0 Å². The molecule has 1 aromatic heterocycles. The van der Waals surface area contributed by atoms with E-state index >= 15 is 0 Å². The Morgan fingerprint density at radius 3 is 2.79 bits per heavy atom. The lowest BCUT2D eigenvalue weighted by Crippen LogP contribution is -2.39. The number of rotatable bonds is 4. The zero-order valence-electron chi connectivity index (χ0n) is 11.1. The van der Waals surface area contributed by atoms with Crippen LogP contribution in [-0.4, -0.2) is 23.0 Å². The maximum absolute atomic E-state index is 12.1. The molecule has 1 atom stereocenters. The second kappa shape index (κ2) is 6.19. The van der Waals surface area contributed by atoms with Gasteiger partial charge < -0.3 is 10.4 Å². The van der Waals surface area contributed by atoms with E-state index in [4.69, 9.17) is 5.11 Å². The number of aliphatic carboxylic acids is 1. The Morgan fingerprint density at radius 2 is 2.11 bits per heavy atom. The Labute approximate surface area is 116 Å². The van der Waals surface area contributed by atoms with E-state index in [0.29, 0.717) is 11.3 Å². The Bertz CT molecular complexity index is 458. The lowest BCUT2D eigenvalue weighted by Gasteiger charge is -2.10. The van der Waals surface area contributed by atoms with Crippen LogP contribution in [0.1, 0.15) is 52.7 Å². The number of hydrogen-bond acceptors (Lipinski definition) is 3. The first-order valence-corrected chi connectivity index (χ1v) is 7.58. The van der Waals surface area contributed by atoms with E-state index in [1.807, 2.05) is 6.07 Å². The minimum Gasteiger partial charge on any atom is -0.480 e. The molecule has 0 unspecified atom stereocenters. The molecule has 2 N–H and O–H groups in total. The van der Waals surface area contributed by atoms with Crippen molar-refractivity contribution in [1.29, 1.82) is 0 Å². The number of aryl methyl sites for hydroxylation is 2. The zero-order chi connectivity index (χ0) is 13.8. The Morgan fingerprint density at radius 1 is 1.37 bits per heavy atom. The molecule has 0 saturated heterocycles. The molecule has 1 aliphatic rings. The van der Waals surface area contributed by atoms with Gasteiger partial charge in [-0.15, -0.1) is 11.3 Å². The SMILES string of the molecule is CC[C@H](NC(=O)c1cc2c(s1)CCCCC2)C(=O)O. The lowest BCUT2D eigenvalue weighted by atomic mass is 10.1. The monoisotopic (exact) mass is 281 g/mol. The highest BCUT2D eigenvalue weighted by Gasteiger charge is 2.21. The van der Waals surface area contributed by atoms with Crippen molar-refractivity contribution in [2.24, 2.45) is 0 Å². The molecule has 0 spiro atoms. The topological polar surface area (TPSA) is 66.4 Å². The summed E-state index contributed by atoms with van der Waals surface area (Å²) >= 11 is 1.52. The van der Waals surface area contributed by atoms with Gasteiger partial charge in [-0.05, 0) is 43.7 Å². The van der Waals surface area contributed by atoms with E-state index in [-0.39, 0.29) is 5.91 Å². The normalized spacial score (nSPS) is 16.3. The Balaban J connectivity index is 2.09. The summed E-state index contributed by atoms with van der Waals surface area (Å²) in [5.41, 5.74) is 1.27. The third kappa shape index (κ3) is 3.35. The molecule has 4 nitrogen and oxygen atoms in total. The van der Waals surface area contributed by atoms with Gasteiger partial charge in [-0.2, -0.15) is 0 Å². The predicted octanol–water partition coefficient (Wildman–Crippen LogP) is 2.61. The summed E-state index contributed by atoms with van der Waals surface area (Å²) in [6.45, 7) is 1.75. The first-order chi connectivity index (χ1) is 9.11. The summed E-state index contributed by atoms with van der Waals surface area (Å²) in [5, 5.41) is 11.5. The number of nitrogens with one attached hydrogen (secondary N) is 1. The van der Waals surface area contributed by atoms with E-state index in [1.165, 1.54) is 41.0 Å². The van der Waals surface area contributed by atoms with E-state index in [0.717, 1.165) is 12.8 Å². The smallest absolute Gasteiger partial charge is 0.326 e. The maximum atomic E-state index is 12.1. The molecule has 0 fully saturated rings. The number of hydrogen-bond donors (Lipinski definition) is 2. The minimum atomic E-state index is -0.978. The fourth-order valence-corrected chi connectivity index (χ4v) is 3.50. The molecule has 0 bridgehead atoms. The molecule has 104 valence electrons. The Kier molecular flexibility index (Phi) is 4.58. The van der Waals surface area contributed by atoms with E-state index in [9.17, 15) is 9.59 Å². The predicted molar refractivity (Wildman–Crippen MR) is 74.8 cm³/mol. The van der Waals surface area contributed by atoms with Crippen molar-refractivity contribution >= 4 is 23.2 Å². The van der Waals surface area contributed by atoms with Crippen LogP contribution in [0, 0.1) is 0 Å². The van der Waals surface area contributed by atoms with Crippen LogP contribution >= 0.6 is 11.3 Å². The van der Waals surface area contributed by atoms with Crippen LogP contribution in [0.15, 0.2) is 6.07 Å². The second-order valence-electron chi connectivity index (χ2n) is 4.89. The van der Waals surface area contributed by atoms with Crippen molar-refractivity contribution in [3.63, 3.8) is 0 Å². The van der Waals surface area contributed by atoms with Crippen LogP contribution < -0.4 is 5.32 Å². The van der Waals surface area contributed by atoms with Crippen molar-refractivity contribution in [3.8, 4) is 0 Å². The quantitative estimate of drug-likeness (QED) is 0.834. The third-order valence-corrected chi connectivity index (χ3v) is 4.72. The van der Waals surface area contributed by atoms with E-state index in [1.54, 1.807) is 6.92 Å². The number of carbonyl (C=O) groups excluding carboxylic acids is 1. The molecule has 0 aromatic carbocycles. The van der Waals surface area contributed by atoms with Gasteiger partial charge in [0, 0.05) is 4.88 Å². The van der Waals surface area contributed by atoms with Crippen LogP contribution in [0.5, 0.6) is 0 Å². The van der Waals surface area contributed by atoms with E-state index in [2.05, 4.69) is 5.32 Å². The standard InChI is InChI=1S/C14H19NO3S/c1-2-10(14(17)18)15-13(16)12-8-9-6-4-3-5-7-11(9)19-12/h8,10H,2-7H2,1H3,(H,15,16)(H,17,18)/t10-/m0/s1. The van der Waals surface area contributed by atoms with Crippen LogP contribution in [0.4, 0.5) is 0 Å². The van der Waals surface area contributed by atoms with Crippen molar-refractivity contribution in [1.82, 2.24) is 5.32 Å². The number of carbonyl (C=O) groups is 2. The molecular formula is C14H19NO3S. The highest BCUT2D eigenvalue weighted by atomic mass is 32.1. The fourth-order valence-electron chi connectivity index (χ4n) is 2.35. The molecule has 0 aliphatic heterocycles. The van der Waals surface area contributed by atoms with Crippen LogP contribution in [0.3, 0.4) is 0 Å². The van der Waals surface area contributed by atoms with Gasteiger partial charge in [0.25, 0.3) is 5.91 Å². The summed E-state index contributed by atoms with van der Waals surface area (Å²) < 4.78 is 0. The van der Waals surface area contributed by atoms with Gasteiger partial charge in [0.05, 0.1) is 4.88 Å². The molecule has 0 radical (unpaired) electrons. The first kappa shape index (κ1) is 14.1. The van der Waals surface area contributed by atoms with Gasteiger partial charge in [-0.1, -0.05) is 13.3 Å². The summed E-state index contributed by atoms with van der Waals surface area (Å²) in [6.07, 6.45) is 6.09. The third-order valence-electron chi connectivity index (χ3n) is 3.48. The highest BCUT2D eigenvalue weighted by molar-refractivity contribution is 7.14. The second-order valence-corrected chi connectivity index (χ2v) is 6.03. The molecule has 0 saturated carbocycles. The molecule has 1 aliphatic carbocycles. The number of amides is 1. The summed E-state index contributed by atoms with van der Waals surface area (Å²) in [5.74, 6) is -1.23. The highest BCUT2D eigenvalue weighted by Crippen LogP contribution is 2.28. The summed E-state index contributed by atoms with van der Waals surface area (Å²) in [4.78, 5) is 24.9. The van der Waals surface area contributed by atoms with Gasteiger partial charge in [-0.3, -0.25) is 4.79 Å². The van der Waals surface area contributed by atoms with Crippen molar-refractivity contribution in [3.05, 3.63) is 21.4 Å². The number of fused-ring (bicyclic) bond motifs is 1. The molecule has 1 amide bonds. The minimum absolute atomic E-state index is 0.257. The van der Waals surface area contributed by atoms with Gasteiger partial charge >= 0.3 is 5.97 Å². The van der Waals surface area contributed by atoms with Gasteiger partial charge in [-0.25, -0.2) is 4.79 Å². The fraction of sp³-hybridized carbons (Fsp3) is 0.571. The first-order valence-electron chi connectivity index (χ1n) is 6.77. The number of thiophene rings is 1. The van der Waals surface area contributed by atoms with Gasteiger partial charge in [0.1, 0.15) is 6.04 Å². The van der Waals surface area contributed by atoms with Crippen molar-refractivity contribution in [2.75, 3.05) is 0 Å². The molecule has 19 heavy (non-hydrogen) atoms. The van der Waals surface area contributed by atoms with Crippen molar-refractivity contribution in [2.45, 2.75) is 51.5 Å². The van der Waals surface area contributed by atoms with Gasteiger partial charge in [0.2, 0.25) is 0 Å². The van der Waals surface area contributed by atoms with Crippen LogP contribution in [0.2, 0.25) is 0 Å². The Hall–Kier alpha value is -1.36. The van der Waals surface area contributed by atoms with E-state index < -0.39 is 12.0 Å². The lowest BCUT2D eigenvalue weighted by molar-refractivity contribution is -0.139. The number of carboxylic acids is 1. The zero-order valence-corrected chi connectivity index (χ0v) is 11.9. The largest absolute Gasteiger partial charge is 0.480 e. The molecule has 5 heteroatoms. The summed E-state index contributed by atoms with van der Waals surface area (Å²) in [6, 6.07) is 1.14.